The quantitative estimate of drug-likeness (QED) is 0.725. The molecule has 0 unspecified atom stereocenters. The molecule has 0 fully saturated rings. The zero-order chi connectivity index (χ0) is 17.0. The van der Waals surface area contributed by atoms with Crippen LogP contribution in [0.3, 0.4) is 0 Å². The summed E-state index contributed by atoms with van der Waals surface area (Å²) in [4.78, 5) is 11.9. The van der Waals surface area contributed by atoms with E-state index in [9.17, 15) is 9.36 Å². The van der Waals surface area contributed by atoms with Crippen LogP contribution in [-0.4, -0.2) is 6.29 Å². The molecule has 0 amide bonds. The van der Waals surface area contributed by atoms with Gasteiger partial charge in [-0.2, -0.15) is 0 Å². The highest BCUT2D eigenvalue weighted by Gasteiger charge is 2.27. The van der Waals surface area contributed by atoms with E-state index in [4.69, 9.17) is 4.42 Å². The largest absolute Gasteiger partial charge is 0.427 e. The number of hydrogen-bond donors (Lipinski definition) is 1. The van der Waals surface area contributed by atoms with Crippen molar-refractivity contribution in [1.29, 1.82) is 0 Å². The Morgan fingerprint density at radius 1 is 0.875 bits per heavy atom. The van der Waals surface area contributed by atoms with Gasteiger partial charge < -0.3 is 14.3 Å². The smallest absolute Gasteiger partial charge is 0.359 e. The maximum absolute atomic E-state index is 13.8. The summed E-state index contributed by atoms with van der Waals surface area (Å²) >= 11 is 0. The molecule has 1 heterocycles. The Morgan fingerprint density at radius 3 is 1.92 bits per heavy atom. The van der Waals surface area contributed by atoms with Gasteiger partial charge in [0.25, 0.3) is 0 Å². The third kappa shape index (κ3) is 3.34. The van der Waals surface area contributed by atoms with Crippen LogP contribution in [0.4, 0.5) is 5.69 Å². The zero-order valence-corrected chi connectivity index (χ0v) is 14.2. The highest BCUT2D eigenvalue weighted by atomic mass is 31.2. The van der Waals surface area contributed by atoms with Crippen LogP contribution in [0.5, 0.6) is 0 Å². The fourth-order valence-corrected chi connectivity index (χ4v) is 4.86. The van der Waals surface area contributed by atoms with E-state index in [1.165, 1.54) is 0 Å². The number of anilines is 1. The van der Waals surface area contributed by atoms with Crippen molar-refractivity contribution in [3.63, 3.8) is 0 Å². The lowest BCUT2D eigenvalue weighted by Crippen LogP contribution is -2.23. The van der Waals surface area contributed by atoms with Crippen LogP contribution < -0.4 is 21.6 Å². The van der Waals surface area contributed by atoms with Gasteiger partial charge in [-0.15, -0.1) is 0 Å². The van der Waals surface area contributed by atoms with Gasteiger partial charge in [-0.3, -0.25) is 0 Å². The molecule has 0 atom stereocenters. The summed E-state index contributed by atoms with van der Waals surface area (Å²) in [7, 11) is -2.91. The van der Waals surface area contributed by atoms with E-state index in [2.05, 4.69) is 5.32 Å². The van der Waals surface area contributed by atoms with E-state index in [1.54, 1.807) is 19.1 Å². The molecule has 0 spiro atoms. The van der Waals surface area contributed by atoms with E-state index >= 15 is 0 Å². The highest BCUT2D eigenvalue weighted by molar-refractivity contribution is 7.78. The van der Waals surface area contributed by atoms with Crippen LogP contribution in [0.2, 0.25) is 0 Å². The summed E-state index contributed by atoms with van der Waals surface area (Å²) < 4.78 is 18.8. The van der Waals surface area contributed by atoms with Crippen molar-refractivity contribution in [3.8, 4) is 0 Å². The molecule has 122 valence electrons. The molecule has 0 aliphatic rings. The lowest BCUT2D eigenvalue weighted by atomic mass is 10.4. The molecule has 0 saturated heterocycles. The molecule has 5 heteroatoms. The van der Waals surface area contributed by atoms with Gasteiger partial charge in [-0.1, -0.05) is 60.7 Å². The predicted molar refractivity (Wildman–Crippen MR) is 98.0 cm³/mol. The van der Waals surface area contributed by atoms with E-state index in [0.717, 1.165) is 10.6 Å². The molecule has 3 rings (SSSR count). The second kappa shape index (κ2) is 6.90. The van der Waals surface area contributed by atoms with Gasteiger partial charge in [-0.25, -0.2) is 4.79 Å². The fraction of sp³-hybridized carbons (Fsp3) is 0.105. The van der Waals surface area contributed by atoms with Crippen molar-refractivity contribution < 1.29 is 8.98 Å². The number of aryl methyl sites for hydroxylation is 1. The van der Waals surface area contributed by atoms with Crippen molar-refractivity contribution >= 4 is 23.4 Å². The molecule has 2 aromatic carbocycles. The Labute approximate surface area is 140 Å². The molecule has 0 aliphatic carbocycles. The fourth-order valence-electron chi connectivity index (χ4n) is 2.50. The lowest BCUT2D eigenvalue weighted by Gasteiger charge is -2.20. The number of rotatable bonds is 5. The first-order chi connectivity index (χ1) is 11.6. The Hall–Kier alpha value is -2.58. The molecule has 0 saturated carbocycles. The molecule has 1 N–H and O–H groups in total. The first-order valence-corrected chi connectivity index (χ1v) is 9.54. The molecular weight excluding hydrogens is 321 g/mol. The van der Waals surface area contributed by atoms with Gasteiger partial charge in [0, 0.05) is 10.6 Å². The monoisotopic (exact) mass is 339 g/mol. The van der Waals surface area contributed by atoms with Gasteiger partial charge in [0.1, 0.15) is 11.4 Å². The van der Waals surface area contributed by atoms with E-state index in [1.807, 2.05) is 60.7 Å². The standard InChI is InChI=1S/C19H18NO3P/c1-15-12-13-18(19(21)23-15)20-14-24(22,16-8-4-2-5-9-16)17-10-6-3-7-11-17/h2-13,20H,14H2,1H3. The minimum absolute atomic E-state index is 0.148. The van der Waals surface area contributed by atoms with Crippen molar-refractivity contribution in [1.82, 2.24) is 0 Å². The van der Waals surface area contributed by atoms with Crippen LogP contribution >= 0.6 is 7.14 Å². The molecule has 3 aromatic rings. The first kappa shape index (κ1) is 16.3. The van der Waals surface area contributed by atoms with Crippen molar-refractivity contribution in [2.45, 2.75) is 6.92 Å². The normalized spacial score (nSPS) is 11.2. The van der Waals surface area contributed by atoms with Gasteiger partial charge in [0.2, 0.25) is 0 Å². The van der Waals surface area contributed by atoms with E-state index < -0.39 is 12.8 Å². The van der Waals surface area contributed by atoms with Crippen LogP contribution in [0.25, 0.3) is 0 Å². The second-order valence-electron chi connectivity index (χ2n) is 5.49. The van der Waals surface area contributed by atoms with Crippen molar-refractivity contribution in [3.05, 3.63) is 89.0 Å². The SMILES string of the molecule is Cc1ccc(NCP(=O)(c2ccccc2)c2ccccc2)c(=O)o1. The average molecular weight is 339 g/mol. The summed E-state index contributed by atoms with van der Waals surface area (Å²) in [5, 5.41) is 4.51. The third-order valence-electron chi connectivity index (χ3n) is 3.80. The van der Waals surface area contributed by atoms with Crippen LogP contribution in [0, 0.1) is 6.92 Å². The van der Waals surface area contributed by atoms with Gasteiger partial charge in [-0.05, 0) is 19.1 Å². The Balaban J connectivity index is 1.97. The summed E-state index contributed by atoms with van der Waals surface area (Å²) in [6.07, 6.45) is 0.148. The van der Waals surface area contributed by atoms with Crippen LogP contribution in [0.15, 0.2) is 82.0 Å². The average Bonchev–Trinajstić information content (AvgIpc) is 2.62. The third-order valence-corrected chi connectivity index (χ3v) is 6.67. The molecule has 0 bridgehead atoms. The first-order valence-electron chi connectivity index (χ1n) is 7.64. The van der Waals surface area contributed by atoms with E-state index in [-0.39, 0.29) is 6.29 Å². The molecule has 4 nitrogen and oxygen atoms in total. The second-order valence-corrected chi connectivity index (χ2v) is 8.32. The minimum atomic E-state index is -2.91. The Bertz CT molecular complexity index is 877. The van der Waals surface area contributed by atoms with Crippen LogP contribution in [0.1, 0.15) is 5.76 Å². The van der Waals surface area contributed by atoms with Gasteiger partial charge in [0.15, 0.2) is 7.14 Å². The molecule has 0 radical (unpaired) electrons. The lowest BCUT2D eigenvalue weighted by molar-refractivity contribution is 0.482. The highest BCUT2D eigenvalue weighted by Crippen LogP contribution is 2.42. The molecule has 0 aliphatic heterocycles. The predicted octanol–water partition coefficient (Wildman–Crippen LogP) is 3.33. The van der Waals surface area contributed by atoms with Crippen molar-refractivity contribution in [2.75, 3.05) is 11.6 Å². The van der Waals surface area contributed by atoms with Crippen LogP contribution in [-0.2, 0) is 4.57 Å². The maximum atomic E-state index is 13.8. The topological polar surface area (TPSA) is 59.3 Å². The number of nitrogens with one attached hydrogen (secondary N) is 1. The van der Waals surface area contributed by atoms with Gasteiger partial charge in [0.05, 0.1) is 6.29 Å². The minimum Gasteiger partial charge on any atom is -0.427 e. The summed E-state index contributed by atoms with van der Waals surface area (Å²) in [5.41, 5.74) is -0.143. The zero-order valence-electron chi connectivity index (χ0n) is 13.3. The number of hydrogen-bond acceptors (Lipinski definition) is 4. The molecular formula is C19H18NO3P. The Morgan fingerprint density at radius 2 is 1.42 bits per heavy atom. The summed E-state index contributed by atoms with van der Waals surface area (Å²) in [5.74, 6) is 0.542. The summed E-state index contributed by atoms with van der Waals surface area (Å²) in [6, 6.07) is 22.0. The Kier molecular flexibility index (Phi) is 4.68. The number of benzene rings is 2. The summed E-state index contributed by atoms with van der Waals surface area (Å²) in [6.45, 7) is 1.71. The molecule has 24 heavy (non-hydrogen) atoms. The molecule has 1 aromatic heterocycles. The van der Waals surface area contributed by atoms with Gasteiger partial charge >= 0.3 is 5.63 Å². The maximum Gasteiger partial charge on any atom is 0.359 e. The van der Waals surface area contributed by atoms with E-state index in [0.29, 0.717) is 11.4 Å². The van der Waals surface area contributed by atoms with Crippen molar-refractivity contribution in [2.24, 2.45) is 0 Å².